The number of aliphatic hydroxyl groups is 2. The van der Waals surface area contributed by atoms with Crippen molar-refractivity contribution in [3.8, 4) is 0 Å². The number of hydrogen-bond donors (Lipinski definition) is 3. The summed E-state index contributed by atoms with van der Waals surface area (Å²) in [7, 11) is 0. The van der Waals surface area contributed by atoms with E-state index in [9.17, 15) is 9.90 Å². The molecular weight excluding hydrogens is 280 g/mol. The molecule has 132 valence electrons. The molecule has 0 aliphatic carbocycles. The Hall–Kier alpha value is -0.610. The van der Waals surface area contributed by atoms with Gasteiger partial charge in [-0.05, 0) is 32.6 Å². The molecule has 0 fully saturated rings. The van der Waals surface area contributed by atoms with Crippen LogP contribution >= 0.6 is 0 Å². The van der Waals surface area contributed by atoms with Crippen LogP contribution in [0.3, 0.4) is 0 Å². The van der Waals surface area contributed by atoms with Crippen molar-refractivity contribution in [2.24, 2.45) is 0 Å². The quantitative estimate of drug-likeness (QED) is 0.371. The van der Waals surface area contributed by atoms with E-state index in [0.717, 1.165) is 57.8 Å². The second-order valence-electron chi connectivity index (χ2n) is 6.55. The van der Waals surface area contributed by atoms with E-state index in [2.05, 4.69) is 0 Å². The number of carbonyl (C=O) groups is 1. The Morgan fingerprint density at radius 3 is 1.64 bits per heavy atom. The smallest absolute Gasteiger partial charge is 0.303 e. The standard InChI is InChI=1S/C18H36O4/c1-16(19)12-10-11-14-17(20)13-8-6-4-2-3-5-7-9-15-18(21)22/h16-17,19-20H,2-15H2,1H3,(H,21,22). The van der Waals surface area contributed by atoms with Crippen LogP contribution in [0.1, 0.15) is 96.8 Å². The van der Waals surface area contributed by atoms with E-state index in [1.165, 1.54) is 25.7 Å². The molecule has 0 bridgehead atoms. The minimum Gasteiger partial charge on any atom is -0.481 e. The van der Waals surface area contributed by atoms with Crippen LogP contribution in [-0.2, 0) is 4.79 Å². The first-order chi connectivity index (χ1) is 10.5. The predicted molar refractivity (Wildman–Crippen MR) is 90.0 cm³/mol. The van der Waals surface area contributed by atoms with Gasteiger partial charge in [0.1, 0.15) is 0 Å². The molecule has 0 rings (SSSR count). The fourth-order valence-electron chi connectivity index (χ4n) is 2.68. The van der Waals surface area contributed by atoms with Crippen LogP contribution in [0.4, 0.5) is 0 Å². The molecule has 3 N–H and O–H groups in total. The SMILES string of the molecule is CC(O)CCCCC(O)CCCCCCCCCCC(=O)O. The summed E-state index contributed by atoms with van der Waals surface area (Å²) >= 11 is 0. The van der Waals surface area contributed by atoms with E-state index in [4.69, 9.17) is 10.2 Å². The average Bonchev–Trinajstić information content (AvgIpc) is 2.45. The third-order valence-electron chi connectivity index (χ3n) is 4.09. The van der Waals surface area contributed by atoms with E-state index >= 15 is 0 Å². The van der Waals surface area contributed by atoms with Crippen LogP contribution in [-0.4, -0.2) is 33.5 Å². The molecule has 0 aromatic carbocycles. The van der Waals surface area contributed by atoms with E-state index in [1.54, 1.807) is 0 Å². The molecule has 0 saturated carbocycles. The van der Waals surface area contributed by atoms with Crippen molar-refractivity contribution in [3.05, 3.63) is 0 Å². The number of rotatable bonds is 16. The second kappa shape index (κ2) is 15.3. The van der Waals surface area contributed by atoms with Gasteiger partial charge in [0.2, 0.25) is 0 Å². The minimum atomic E-state index is -0.690. The lowest BCUT2D eigenvalue weighted by molar-refractivity contribution is -0.137. The molecule has 22 heavy (non-hydrogen) atoms. The van der Waals surface area contributed by atoms with Gasteiger partial charge in [-0.3, -0.25) is 4.79 Å². The summed E-state index contributed by atoms with van der Waals surface area (Å²) in [5.41, 5.74) is 0. The third-order valence-corrected chi connectivity index (χ3v) is 4.09. The Balaban J connectivity index is 3.16. The summed E-state index contributed by atoms with van der Waals surface area (Å²) in [5, 5.41) is 27.5. The highest BCUT2D eigenvalue weighted by molar-refractivity contribution is 5.66. The number of aliphatic hydroxyl groups excluding tert-OH is 2. The number of hydrogen-bond acceptors (Lipinski definition) is 3. The molecule has 0 saturated heterocycles. The molecule has 4 heteroatoms. The summed E-state index contributed by atoms with van der Waals surface area (Å²) < 4.78 is 0. The molecule has 2 atom stereocenters. The van der Waals surface area contributed by atoms with Crippen molar-refractivity contribution in [3.63, 3.8) is 0 Å². The molecule has 2 unspecified atom stereocenters. The normalized spacial score (nSPS) is 14.0. The van der Waals surface area contributed by atoms with Gasteiger partial charge < -0.3 is 15.3 Å². The highest BCUT2D eigenvalue weighted by atomic mass is 16.4. The van der Waals surface area contributed by atoms with E-state index < -0.39 is 5.97 Å². The fraction of sp³-hybridized carbons (Fsp3) is 0.944. The van der Waals surface area contributed by atoms with Crippen molar-refractivity contribution >= 4 is 5.97 Å². The zero-order chi connectivity index (χ0) is 16.6. The topological polar surface area (TPSA) is 77.8 Å². The van der Waals surface area contributed by atoms with Crippen molar-refractivity contribution in [1.82, 2.24) is 0 Å². The van der Waals surface area contributed by atoms with Crippen LogP contribution in [0.25, 0.3) is 0 Å². The maximum Gasteiger partial charge on any atom is 0.303 e. The van der Waals surface area contributed by atoms with Gasteiger partial charge in [0.25, 0.3) is 0 Å². The Morgan fingerprint density at radius 2 is 1.14 bits per heavy atom. The molecule has 0 aromatic rings. The molecule has 0 amide bonds. The van der Waals surface area contributed by atoms with Crippen LogP contribution in [0, 0.1) is 0 Å². The lowest BCUT2D eigenvalue weighted by Crippen LogP contribution is -2.07. The van der Waals surface area contributed by atoms with E-state index in [0.29, 0.717) is 6.42 Å². The number of carboxylic acids is 1. The van der Waals surface area contributed by atoms with Gasteiger partial charge in [-0.25, -0.2) is 0 Å². The minimum absolute atomic E-state index is 0.176. The highest BCUT2D eigenvalue weighted by Gasteiger charge is 2.04. The van der Waals surface area contributed by atoms with Crippen LogP contribution in [0.15, 0.2) is 0 Å². The van der Waals surface area contributed by atoms with Gasteiger partial charge in [0.05, 0.1) is 12.2 Å². The highest BCUT2D eigenvalue weighted by Crippen LogP contribution is 2.14. The predicted octanol–water partition coefficient (Wildman–Crippen LogP) is 4.27. The third kappa shape index (κ3) is 17.4. The van der Waals surface area contributed by atoms with Gasteiger partial charge in [-0.15, -0.1) is 0 Å². The van der Waals surface area contributed by atoms with E-state index in [-0.39, 0.29) is 12.2 Å². The summed E-state index contributed by atoms with van der Waals surface area (Å²) in [5.74, 6) is -0.690. The Kier molecular flexibility index (Phi) is 14.9. The number of aliphatic carboxylic acids is 1. The molecule has 0 radical (unpaired) electrons. The molecule has 0 heterocycles. The van der Waals surface area contributed by atoms with Crippen LogP contribution in [0.5, 0.6) is 0 Å². The lowest BCUT2D eigenvalue weighted by Gasteiger charge is -2.10. The lowest BCUT2D eigenvalue weighted by atomic mass is 10.0. The summed E-state index contributed by atoms with van der Waals surface area (Å²) in [4.78, 5) is 10.3. The molecule has 0 aliphatic heterocycles. The molecule has 0 spiro atoms. The van der Waals surface area contributed by atoms with E-state index in [1.807, 2.05) is 6.92 Å². The molecule has 4 nitrogen and oxygen atoms in total. The van der Waals surface area contributed by atoms with Crippen molar-refractivity contribution in [2.75, 3.05) is 0 Å². The van der Waals surface area contributed by atoms with Gasteiger partial charge in [0, 0.05) is 6.42 Å². The van der Waals surface area contributed by atoms with Gasteiger partial charge in [0.15, 0.2) is 0 Å². The first-order valence-corrected chi connectivity index (χ1v) is 9.10. The first kappa shape index (κ1) is 21.4. The zero-order valence-electron chi connectivity index (χ0n) is 14.3. The molecule has 0 aromatic heterocycles. The Labute approximate surface area is 135 Å². The van der Waals surface area contributed by atoms with Gasteiger partial charge in [-0.2, -0.15) is 0 Å². The second-order valence-corrected chi connectivity index (χ2v) is 6.55. The number of unbranched alkanes of at least 4 members (excludes halogenated alkanes) is 8. The summed E-state index contributed by atoms with van der Waals surface area (Å²) in [6, 6.07) is 0. The zero-order valence-corrected chi connectivity index (χ0v) is 14.3. The Bertz CT molecular complexity index is 253. The van der Waals surface area contributed by atoms with Crippen molar-refractivity contribution in [1.29, 1.82) is 0 Å². The first-order valence-electron chi connectivity index (χ1n) is 9.10. The van der Waals surface area contributed by atoms with Crippen LogP contribution in [0.2, 0.25) is 0 Å². The maximum atomic E-state index is 10.3. The average molecular weight is 316 g/mol. The number of carboxylic acid groups (broad SMARTS) is 1. The largest absolute Gasteiger partial charge is 0.481 e. The van der Waals surface area contributed by atoms with Crippen molar-refractivity contribution < 1.29 is 20.1 Å². The van der Waals surface area contributed by atoms with Crippen LogP contribution < -0.4 is 0 Å². The van der Waals surface area contributed by atoms with Gasteiger partial charge >= 0.3 is 5.97 Å². The maximum absolute atomic E-state index is 10.3. The summed E-state index contributed by atoms with van der Waals surface area (Å²) in [6.07, 6.45) is 13.4. The molecular formula is C18H36O4. The Morgan fingerprint density at radius 1 is 0.727 bits per heavy atom. The van der Waals surface area contributed by atoms with Crippen molar-refractivity contribution in [2.45, 2.75) is 109 Å². The summed E-state index contributed by atoms with van der Waals surface area (Å²) in [6.45, 7) is 1.81. The fourth-order valence-corrected chi connectivity index (χ4v) is 2.68. The van der Waals surface area contributed by atoms with Gasteiger partial charge in [-0.1, -0.05) is 57.8 Å². The monoisotopic (exact) mass is 316 g/mol. The molecule has 0 aliphatic rings.